The van der Waals surface area contributed by atoms with E-state index in [9.17, 15) is 14.7 Å². The van der Waals surface area contributed by atoms with Crippen molar-refractivity contribution in [3.8, 4) is 0 Å². The predicted molar refractivity (Wildman–Crippen MR) is 139 cm³/mol. The van der Waals surface area contributed by atoms with Crippen LogP contribution in [0.2, 0.25) is 0 Å². The van der Waals surface area contributed by atoms with E-state index in [1.165, 1.54) is 0 Å². The Morgan fingerprint density at radius 1 is 1.00 bits per heavy atom. The number of fused-ring (bicyclic) bond motifs is 1. The molecule has 0 radical (unpaired) electrons. The molecule has 0 spiro atoms. The number of rotatable bonds is 8. The van der Waals surface area contributed by atoms with Crippen molar-refractivity contribution in [2.24, 2.45) is 0 Å². The standard InChI is InChI=1S/C28H29N5O3/c34-27(20-6-2-1-3-7-20)31-22-9-10-23-24(19-30-25(23)18-22)26(28(35)36)33-16-14-32(15-17-33)13-11-21-8-4-5-12-29-21/h1-10,12,18-19,26,30H,11,13-17H2,(H,31,34)(H,35,36)/t26-/m0/s1. The molecule has 8 heteroatoms. The molecule has 8 nitrogen and oxygen atoms in total. The molecule has 36 heavy (non-hydrogen) atoms. The molecule has 1 amide bonds. The number of H-pyrrole nitrogens is 1. The number of pyridine rings is 1. The van der Waals surface area contributed by atoms with Crippen LogP contribution in [0.5, 0.6) is 0 Å². The molecule has 1 fully saturated rings. The summed E-state index contributed by atoms with van der Waals surface area (Å²) >= 11 is 0. The van der Waals surface area contributed by atoms with Gasteiger partial charge in [0.25, 0.3) is 5.91 Å². The first kappa shape index (κ1) is 23.7. The fourth-order valence-corrected chi connectivity index (χ4v) is 4.80. The molecule has 2 aromatic carbocycles. The monoisotopic (exact) mass is 483 g/mol. The number of amides is 1. The van der Waals surface area contributed by atoms with Crippen LogP contribution in [0.3, 0.4) is 0 Å². The van der Waals surface area contributed by atoms with E-state index < -0.39 is 12.0 Å². The molecule has 4 aromatic rings. The first-order valence-corrected chi connectivity index (χ1v) is 12.1. The van der Waals surface area contributed by atoms with E-state index in [0.717, 1.165) is 48.2 Å². The van der Waals surface area contributed by atoms with Crippen molar-refractivity contribution >= 4 is 28.5 Å². The highest BCUT2D eigenvalue weighted by Crippen LogP contribution is 2.31. The number of aliphatic carboxylic acids is 1. The molecular weight excluding hydrogens is 454 g/mol. The summed E-state index contributed by atoms with van der Waals surface area (Å²) in [7, 11) is 0. The highest BCUT2D eigenvalue weighted by molar-refractivity contribution is 6.05. The van der Waals surface area contributed by atoms with Gasteiger partial charge in [-0.3, -0.25) is 19.5 Å². The highest BCUT2D eigenvalue weighted by Gasteiger charge is 2.32. The van der Waals surface area contributed by atoms with Crippen molar-refractivity contribution in [1.29, 1.82) is 0 Å². The van der Waals surface area contributed by atoms with Crippen LogP contribution in [0.15, 0.2) is 79.1 Å². The second-order valence-corrected chi connectivity index (χ2v) is 9.01. The predicted octanol–water partition coefficient (Wildman–Crippen LogP) is 3.80. The Labute approximate surface area is 209 Å². The number of carbonyl (C=O) groups excluding carboxylic acids is 1. The number of hydrogen-bond acceptors (Lipinski definition) is 5. The Morgan fingerprint density at radius 2 is 1.78 bits per heavy atom. The van der Waals surface area contributed by atoms with Gasteiger partial charge in [-0.15, -0.1) is 0 Å². The van der Waals surface area contributed by atoms with Crippen molar-refractivity contribution in [3.05, 3.63) is 95.9 Å². The van der Waals surface area contributed by atoms with Gasteiger partial charge in [0.15, 0.2) is 0 Å². The third-order valence-corrected chi connectivity index (χ3v) is 6.72. The third-order valence-electron chi connectivity index (χ3n) is 6.72. The number of carbonyl (C=O) groups is 2. The number of anilines is 1. The van der Waals surface area contributed by atoms with Crippen molar-refractivity contribution in [2.45, 2.75) is 12.5 Å². The lowest BCUT2D eigenvalue weighted by atomic mass is 10.0. The topological polar surface area (TPSA) is 102 Å². The average Bonchev–Trinajstić information content (AvgIpc) is 3.32. The summed E-state index contributed by atoms with van der Waals surface area (Å²) in [5, 5.41) is 13.9. The van der Waals surface area contributed by atoms with Gasteiger partial charge < -0.3 is 20.3 Å². The zero-order valence-electron chi connectivity index (χ0n) is 19.9. The van der Waals surface area contributed by atoms with Crippen molar-refractivity contribution in [3.63, 3.8) is 0 Å². The molecule has 1 aliphatic rings. The van der Waals surface area contributed by atoms with Gasteiger partial charge >= 0.3 is 5.97 Å². The number of carboxylic acid groups (broad SMARTS) is 1. The lowest BCUT2D eigenvalue weighted by Crippen LogP contribution is -2.49. The summed E-state index contributed by atoms with van der Waals surface area (Å²) in [4.78, 5) is 36.9. The summed E-state index contributed by atoms with van der Waals surface area (Å²) in [5.74, 6) is -1.05. The minimum absolute atomic E-state index is 0.189. The second kappa shape index (κ2) is 10.7. The van der Waals surface area contributed by atoms with Crippen LogP contribution in [0.25, 0.3) is 10.9 Å². The van der Waals surface area contributed by atoms with E-state index in [1.807, 2.05) is 65.7 Å². The van der Waals surface area contributed by atoms with Crippen LogP contribution in [0, 0.1) is 0 Å². The molecule has 2 aromatic heterocycles. The van der Waals surface area contributed by atoms with Crippen LogP contribution in [0.4, 0.5) is 5.69 Å². The zero-order valence-corrected chi connectivity index (χ0v) is 19.9. The van der Waals surface area contributed by atoms with E-state index in [1.54, 1.807) is 18.3 Å². The van der Waals surface area contributed by atoms with Gasteiger partial charge in [-0.2, -0.15) is 0 Å². The fourth-order valence-electron chi connectivity index (χ4n) is 4.80. The number of hydrogen-bond donors (Lipinski definition) is 3. The van der Waals surface area contributed by atoms with E-state index in [2.05, 4.69) is 20.2 Å². The van der Waals surface area contributed by atoms with Crippen molar-refractivity contribution in [2.75, 3.05) is 38.0 Å². The number of aromatic nitrogens is 2. The molecular formula is C28H29N5O3. The van der Waals surface area contributed by atoms with E-state index in [-0.39, 0.29) is 5.91 Å². The molecule has 0 saturated carbocycles. The first-order valence-electron chi connectivity index (χ1n) is 12.1. The molecule has 1 aliphatic heterocycles. The summed E-state index contributed by atoms with van der Waals surface area (Å²) in [5.41, 5.74) is 3.82. The van der Waals surface area contributed by atoms with Crippen LogP contribution in [-0.2, 0) is 11.2 Å². The van der Waals surface area contributed by atoms with Gasteiger partial charge in [0.2, 0.25) is 0 Å². The molecule has 1 atom stereocenters. The summed E-state index contributed by atoms with van der Waals surface area (Å²) in [6.45, 7) is 3.89. The fraction of sp³-hybridized carbons (Fsp3) is 0.250. The maximum atomic E-state index is 12.5. The molecule has 3 N–H and O–H groups in total. The van der Waals surface area contributed by atoms with E-state index in [0.29, 0.717) is 24.3 Å². The normalized spacial score (nSPS) is 15.6. The molecule has 1 saturated heterocycles. The van der Waals surface area contributed by atoms with E-state index >= 15 is 0 Å². The smallest absolute Gasteiger partial charge is 0.325 e. The molecule has 0 bridgehead atoms. The third kappa shape index (κ3) is 5.30. The number of aromatic amines is 1. The van der Waals surface area contributed by atoms with Crippen LogP contribution >= 0.6 is 0 Å². The molecule has 5 rings (SSSR count). The molecule has 0 aliphatic carbocycles. The summed E-state index contributed by atoms with van der Waals surface area (Å²) in [6, 6.07) is 19.8. The maximum absolute atomic E-state index is 12.5. The van der Waals surface area contributed by atoms with Crippen molar-refractivity contribution in [1.82, 2.24) is 19.8 Å². The van der Waals surface area contributed by atoms with Gasteiger partial charge in [0.05, 0.1) is 0 Å². The second-order valence-electron chi connectivity index (χ2n) is 9.01. The summed E-state index contributed by atoms with van der Waals surface area (Å²) in [6.07, 6.45) is 4.47. The van der Waals surface area contributed by atoms with Crippen LogP contribution in [-0.4, -0.2) is 69.5 Å². The molecule has 3 heterocycles. The quantitative estimate of drug-likeness (QED) is 0.352. The Morgan fingerprint density at radius 3 is 2.50 bits per heavy atom. The molecule has 184 valence electrons. The largest absolute Gasteiger partial charge is 0.480 e. The Kier molecular flexibility index (Phi) is 7.06. The van der Waals surface area contributed by atoms with Gasteiger partial charge in [-0.25, -0.2) is 0 Å². The SMILES string of the molecule is O=C(Nc1ccc2c([C@@H](C(=O)O)N3CCN(CCc4ccccn4)CC3)c[nH]c2c1)c1ccccc1. The number of piperazine rings is 1. The Hall–Kier alpha value is -4.01. The van der Waals surface area contributed by atoms with Crippen LogP contribution in [0.1, 0.15) is 27.7 Å². The number of nitrogens with zero attached hydrogens (tertiary/aromatic N) is 3. The zero-order chi connectivity index (χ0) is 24.9. The highest BCUT2D eigenvalue weighted by atomic mass is 16.4. The van der Waals surface area contributed by atoms with E-state index in [4.69, 9.17) is 0 Å². The lowest BCUT2D eigenvalue weighted by molar-refractivity contribution is -0.144. The lowest BCUT2D eigenvalue weighted by Gasteiger charge is -2.37. The Bertz CT molecular complexity index is 1330. The maximum Gasteiger partial charge on any atom is 0.325 e. The average molecular weight is 484 g/mol. The minimum atomic E-state index is -0.862. The number of benzene rings is 2. The first-order chi connectivity index (χ1) is 17.6. The number of nitrogens with one attached hydrogen (secondary N) is 2. The number of carboxylic acids is 1. The Balaban J connectivity index is 1.26. The van der Waals surface area contributed by atoms with Gasteiger partial charge in [-0.1, -0.05) is 30.3 Å². The van der Waals surface area contributed by atoms with Crippen LogP contribution < -0.4 is 5.32 Å². The van der Waals surface area contributed by atoms with Gasteiger partial charge in [0.1, 0.15) is 6.04 Å². The molecule has 0 unspecified atom stereocenters. The van der Waals surface area contributed by atoms with Gasteiger partial charge in [0, 0.05) is 84.9 Å². The van der Waals surface area contributed by atoms with Gasteiger partial charge in [-0.05, 0) is 36.4 Å². The van der Waals surface area contributed by atoms with Crippen molar-refractivity contribution < 1.29 is 14.7 Å². The minimum Gasteiger partial charge on any atom is -0.480 e. The summed E-state index contributed by atoms with van der Waals surface area (Å²) < 4.78 is 0.